The summed E-state index contributed by atoms with van der Waals surface area (Å²) in [7, 11) is 0. The average Bonchev–Trinajstić information content (AvgIpc) is 3.15. The summed E-state index contributed by atoms with van der Waals surface area (Å²) in [5, 5.41) is 10.9. The molecule has 6 nitrogen and oxygen atoms in total. The van der Waals surface area contributed by atoms with Gasteiger partial charge >= 0.3 is 0 Å². The van der Waals surface area contributed by atoms with Gasteiger partial charge in [0.2, 0.25) is 0 Å². The third-order valence-electron chi connectivity index (χ3n) is 4.20. The highest BCUT2D eigenvalue weighted by molar-refractivity contribution is 7.07. The zero-order valence-electron chi connectivity index (χ0n) is 16.1. The fourth-order valence-electron chi connectivity index (χ4n) is 2.78. The van der Waals surface area contributed by atoms with Crippen molar-refractivity contribution in [3.05, 3.63) is 81.1 Å². The average molecular weight is 405 g/mol. The zero-order valence-corrected chi connectivity index (χ0v) is 16.9. The summed E-state index contributed by atoms with van der Waals surface area (Å²) in [4.78, 5) is 29.0. The summed E-state index contributed by atoms with van der Waals surface area (Å²) in [5.74, 6) is 0.248. The predicted molar refractivity (Wildman–Crippen MR) is 110 cm³/mol. The molecular formula is C22H19N3O3S. The van der Waals surface area contributed by atoms with Crippen molar-refractivity contribution in [3.63, 3.8) is 0 Å². The highest BCUT2D eigenvalue weighted by Crippen LogP contribution is 2.22. The zero-order chi connectivity index (χ0) is 20.8. The van der Waals surface area contributed by atoms with Gasteiger partial charge in [-0.15, -0.1) is 11.3 Å². The van der Waals surface area contributed by atoms with Gasteiger partial charge in [-0.2, -0.15) is 10.3 Å². The van der Waals surface area contributed by atoms with Crippen LogP contribution in [0.4, 0.5) is 0 Å². The van der Waals surface area contributed by atoms with Crippen LogP contribution in [0.25, 0.3) is 0 Å². The molecular weight excluding hydrogens is 386 g/mol. The molecule has 29 heavy (non-hydrogen) atoms. The summed E-state index contributed by atoms with van der Waals surface area (Å²) >= 11 is 1.33. The lowest BCUT2D eigenvalue weighted by Crippen LogP contribution is -2.18. The second-order valence-electron chi connectivity index (χ2n) is 6.23. The van der Waals surface area contributed by atoms with Gasteiger partial charge in [0.15, 0.2) is 10.6 Å². The highest BCUT2D eigenvalue weighted by Gasteiger charge is 2.11. The molecule has 1 heterocycles. The molecule has 0 unspecified atom stereocenters. The van der Waals surface area contributed by atoms with E-state index in [1.165, 1.54) is 24.3 Å². The Labute approximate surface area is 172 Å². The minimum Gasteiger partial charge on any atom is -0.494 e. The summed E-state index contributed by atoms with van der Waals surface area (Å²) in [6, 6.07) is 13.8. The van der Waals surface area contributed by atoms with Gasteiger partial charge in [0, 0.05) is 28.3 Å². The number of nitrogens with zero attached hydrogens (tertiary/aromatic N) is 3. The van der Waals surface area contributed by atoms with E-state index in [0.29, 0.717) is 40.4 Å². The molecule has 0 N–H and O–H groups in total. The van der Waals surface area contributed by atoms with Crippen molar-refractivity contribution in [1.29, 1.82) is 5.26 Å². The number of rotatable bonds is 6. The van der Waals surface area contributed by atoms with E-state index in [1.54, 1.807) is 36.4 Å². The first-order chi connectivity index (χ1) is 14.0. The molecule has 0 aliphatic carbocycles. The van der Waals surface area contributed by atoms with Crippen LogP contribution in [0.15, 0.2) is 59.0 Å². The molecule has 1 amide bonds. The standard InChI is InChI=1S/C22H19N3O3S/c1-3-28-20-8-7-17(15(2)26)12-19(20)14-25-9-10-29-22(25)24-21(27)18-6-4-5-16(11-18)13-23/h4-12H,3,14H2,1-2H3. The van der Waals surface area contributed by atoms with Gasteiger partial charge in [-0.05, 0) is 50.2 Å². The Morgan fingerprint density at radius 1 is 1.21 bits per heavy atom. The van der Waals surface area contributed by atoms with Crippen molar-refractivity contribution in [2.75, 3.05) is 6.61 Å². The van der Waals surface area contributed by atoms with Gasteiger partial charge < -0.3 is 9.30 Å². The Balaban J connectivity index is 1.95. The third kappa shape index (κ3) is 4.86. The summed E-state index contributed by atoms with van der Waals surface area (Å²) in [5.41, 5.74) is 2.20. The SMILES string of the molecule is CCOc1ccc(C(C)=O)cc1Cn1ccsc1=NC(=O)c1cccc(C#N)c1. The molecule has 7 heteroatoms. The third-order valence-corrected chi connectivity index (χ3v) is 5.00. The highest BCUT2D eigenvalue weighted by atomic mass is 32.1. The second kappa shape index (κ2) is 9.13. The minimum atomic E-state index is -0.416. The molecule has 0 aliphatic rings. The smallest absolute Gasteiger partial charge is 0.279 e. The number of benzene rings is 2. The molecule has 3 aromatic rings. The van der Waals surface area contributed by atoms with Crippen LogP contribution >= 0.6 is 11.3 Å². The number of carbonyl (C=O) groups is 2. The van der Waals surface area contributed by atoms with Crippen molar-refractivity contribution in [2.45, 2.75) is 20.4 Å². The Morgan fingerprint density at radius 2 is 2.03 bits per heavy atom. The summed E-state index contributed by atoms with van der Waals surface area (Å²) in [6.45, 7) is 4.33. The van der Waals surface area contributed by atoms with Crippen LogP contribution in [-0.2, 0) is 6.54 Å². The molecule has 146 valence electrons. The van der Waals surface area contributed by atoms with E-state index in [4.69, 9.17) is 10.00 Å². The number of hydrogen-bond acceptors (Lipinski definition) is 5. The molecule has 0 aliphatic heterocycles. The van der Waals surface area contributed by atoms with Crippen molar-refractivity contribution in [1.82, 2.24) is 4.57 Å². The van der Waals surface area contributed by atoms with Gasteiger partial charge in [0.05, 0.1) is 24.8 Å². The number of ether oxygens (including phenoxy) is 1. The van der Waals surface area contributed by atoms with Crippen LogP contribution in [-0.4, -0.2) is 22.9 Å². The normalized spacial score (nSPS) is 11.1. The predicted octanol–water partition coefficient (Wildman–Crippen LogP) is 3.81. The molecule has 1 aromatic heterocycles. The van der Waals surface area contributed by atoms with Crippen LogP contribution in [0.3, 0.4) is 0 Å². The van der Waals surface area contributed by atoms with E-state index in [1.807, 2.05) is 29.1 Å². The van der Waals surface area contributed by atoms with Crippen LogP contribution in [0.2, 0.25) is 0 Å². The first-order valence-corrected chi connectivity index (χ1v) is 9.89. The van der Waals surface area contributed by atoms with Crippen LogP contribution in [0.5, 0.6) is 5.75 Å². The Bertz CT molecular complexity index is 1170. The maximum atomic E-state index is 12.5. The van der Waals surface area contributed by atoms with Crippen LogP contribution < -0.4 is 9.54 Å². The van der Waals surface area contributed by atoms with Gasteiger partial charge in [0.25, 0.3) is 5.91 Å². The van der Waals surface area contributed by atoms with E-state index < -0.39 is 5.91 Å². The number of ketones is 1. The van der Waals surface area contributed by atoms with Crippen molar-refractivity contribution < 1.29 is 14.3 Å². The summed E-state index contributed by atoms with van der Waals surface area (Å²) in [6.07, 6.45) is 1.83. The largest absolute Gasteiger partial charge is 0.494 e. The number of Topliss-reactive ketones (excluding diaryl/α,β-unsaturated/α-hetero) is 1. The van der Waals surface area contributed by atoms with Gasteiger partial charge in [-0.3, -0.25) is 9.59 Å². The molecule has 0 saturated heterocycles. The van der Waals surface area contributed by atoms with E-state index >= 15 is 0 Å². The second-order valence-corrected chi connectivity index (χ2v) is 7.11. The Kier molecular flexibility index (Phi) is 6.37. The molecule has 3 rings (SSSR count). The first-order valence-electron chi connectivity index (χ1n) is 9.01. The molecule has 0 bridgehead atoms. The first kappa shape index (κ1) is 20.2. The number of thiazole rings is 1. The maximum Gasteiger partial charge on any atom is 0.279 e. The van der Waals surface area contributed by atoms with Gasteiger partial charge in [0.1, 0.15) is 5.75 Å². The number of hydrogen-bond donors (Lipinski definition) is 0. The molecule has 0 atom stereocenters. The lowest BCUT2D eigenvalue weighted by atomic mass is 10.1. The van der Waals surface area contributed by atoms with E-state index in [9.17, 15) is 9.59 Å². The quantitative estimate of drug-likeness (QED) is 0.584. The fourth-order valence-corrected chi connectivity index (χ4v) is 3.51. The number of carbonyl (C=O) groups excluding carboxylic acids is 2. The lowest BCUT2D eigenvalue weighted by Gasteiger charge is -2.12. The monoisotopic (exact) mass is 405 g/mol. The minimum absolute atomic E-state index is 0.0259. The topological polar surface area (TPSA) is 84.5 Å². The molecule has 0 spiro atoms. The molecule has 2 aromatic carbocycles. The van der Waals surface area contributed by atoms with Gasteiger partial charge in [-0.25, -0.2) is 0 Å². The Morgan fingerprint density at radius 3 is 2.76 bits per heavy atom. The van der Waals surface area contributed by atoms with E-state index in [-0.39, 0.29) is 5.78 Å². The number of aromatic nitrogens is 1. The van der Waals surface area contributed by atoms with Gasteiger partial charge in [-0.1, -0.05) is 6.07 Å². The van der Waals surface area contributed by atoms with Crippen LogP contribution in [0.1, 0.15) is 45.7 Å². The molecule has 0 radical (unpaired) electrons. The maximum absolute atomic E-state index is 12.5. The van der Waals surface area contributed by atoms with Crippen molar-refractivity contribution >= 4 is 23.0 Å². The van der Waals surface area contributed by atoms with E-state index in [0.717, 1.165) is 5.56 Å². The molecule has 0 fully saturated rings. The Hall–Kier alpha value is -3.50. The van der Waals surface area contributed by atoms with Crippen molar-refractivity contribution in [2.24, 2.45) is 4.99 Å². The number of nitriles is 1. The summed E-state index contributed by atoms with van der Waals surface area (Å²) < 4.78 is 7.52. The molecule has 0 saturated carbocycles. The lowest BCUT2D eigenvalue weighted by molar-refractivity contribution is 0.0994. The fraction of sp³-hybridized carbons (Fsp3) is 0.182. The number of amides is 1. The van der Waals surface area contributed by atoms with Crippen LogP contribution in [0, 0.1) is 11.3 Å². The van der Waals surface area contributed by atoms with Crippen molar-refractivity contribution in [3.8, 4) is 11.8 Å². The van der Waals surface area contributed by atoms with E-state index in [2.05, 4.69) is 4.99 Å².